The van der Waals surface area contributed by atoms with Crippen LogP contribution in [0.2, 0.25) is 0 Å². The molecule has 1 saturated heterocycles. The molecule has 5 heteroatoms. The highest BCUT2D eigenvalue weighted by molar-refractivity contribution is 5.79. The van der Waals surface area contributed by atoms with Crippen molar-refractivity contribution in [1.29, 1.82) is 0 Å². The van der Waals surface area contributed by atoms with Crippen molar-refractivity contribution in [1.82, 2.24) is 9.80 Å². The summed E-state index contributed by atoms with van der Waals surface area (Å²) >= 11 is 0. The minimum atomic E-state index is -0.885. The first kappa shape index (κ1) is 17.4. The van der Waals surface area contributed by atoms with Gasteiger partial charge in [0.25, 0.3) is 0 Å². The molecule has 1 heterocycles. The van der Waals surface area contributed by atoms with Gasteiger partial charge in [0.05, 0.1) is 6.61 Å². The predicted molar refractivity (Wildman–Crippen MR) is 81.6 cm³/mol. The Hall–Kier alpha value is -0.650. The summed E-state index contributed by atoms with van der Waals surface area (Å²) in [4.78, 5) is 16.6. The van der Waals surface area contributed by atoms with Gasteiger partial charge in [0.15, 0.2) is 0 Å². The van der Waals surface area contributed by atoms with Crippen molar-refractivity contribution in [2.24, 2.45) is 5.73 Å². The molecule has 2 atom stereocenters. The second-order valence-electron chi connectivity index (χ2n) is 6.07. The predicted octanol–water partition coefficient (Wildman–Crippen LogP) is 1.07. The van der Waals surface area contributed by atoms with Gasteiger partial charge in [-0.1, -0.05) is 6.92 Å². The first-order chi connectivity index (χ1) is 9.40. The minimum Gasteiger partial charge on any atom is -0.465 e. The molecule has 5 nitrogen and oxygen atoms in total. The maximum Gasteiger partial charge on any atom is 0.325 e. The van der Waals surface area contributed by atoms with Crippen molar-refractivity contribution >= 4 is 5.97 Å². The summed E-state index contributed by atoms with van der Waals surface area (Å²) in [5, 5.41) is 0. The minimum absolute atomic E-state index is 0.301. The Morgan fingerprint density at radius 1 is 1.50 bits per heavy atom. The highest BCUT2D eigenvalue weighted by Crippen LogP contribution is 2.18. The lowest BCUT2D eigenvalue weighted by Gasteiger charge is -2.30. The molecule has 118 valence electrons. The van der Waals surface area contributed by atoms with Crippen molar-refractivity contribution in [3.63, 3.8) is 0 Å². The van der Waals surface area contributed by atoms with Crippen molar-refractivity contribution in [3.05, 3.63) is 0 Å². The number of ether oxygens (including phenoxy) is 1. The van der Waals surface area contributed by atoms with Crippen LogP contribution in [0.4, 0.5) is 0 Å². The van der Waals surface area contributed by atoms with Crippen LogP contribution in [0.1, 0.15) is 40.0 Å². The molecule has 0 saturated carbocycles. The smallest absolute Gasteiger partial charge is 0.325 e. The van der Waals surface area contributed by atoms with E-state index in [0.29, 0.717) is 19.1 Å². The molecule has 2 N–H and O–H groups in total. The molecular weight excluding hydrogens is 254 g/mol. The highest BCUT2D eigenvalue weighted by atomic mass is 16.5. The van der Waals surface area contributed by atoms with Gasteiger partial charge in [-0.2, -0.15) is 0 Å². The fraction of sp³-hybridized carbons (Fsp3) is 0.933. The molecule has 0 radical (unpaired) electrons. The zero-order valence-corrected chi connectivity index (χ0v) is 13.5. The first-order valence-electron chi connectivity index (χ1n) is 7.79. The quantitative estimate of drug-likeness (QED) is 0.676. The number of esters is 1. The Morgan fingerprint density at radius 3 is 2.80 bits per heavy atom. The number of nitrogens with zero attached hydrogens (tertiary/aromatic N) is 2. The van der Waals surface area contributed by atoms with Crippen LogP contribution in [0.25, 0.3) is 0 Å². The van der Waals surface area contributed by atoms with E-state index in [0.717, 1.165) is 19.6 Å². The summed E-state index contributed by atoms with van der Waals surface area (Å²) in [5.74, 6) is -0.301. The molecule has 1 rings (SSSR count). The standard InChI is InChI=1S/C15H31N3O2/c1-5-18-10-7-8-13(18)12-17(4)11-9-15(3,16)14(19)20-6-2/h13H,5-12,16H2,1-4H3. The van der Waals surface area contributed by atoms with E-state index in [4.69, 9.17) is 10.5 Å². The number of likely N-dealkylation sites (N-methyl/N-ethyl adjacent to an activating group) is 2. The van der Waals surface area contributed by atoms with Gasteiger partial charge >= 0.3 is 5.97 Å². The third kappa shape index (κ3) is 5.04. The second-order valence-corrected chi connectivity index (χ2v) is 6.07. The molecule has 0 spiro atoms. The monoisotopic (exact) mass is 285 g/mol. The molecule has 20 heavy (non-hydrogen) atoms. The Labute approximate surface area is 123 Å². The fourth-order valence-electron chi connectivity index (χ4n) is 2.79. The lowest BCUT2D eigenvalue weighted by Crippen LogP contribution is -2.49. The van der Waals surface area contributed by atoms with Crippen molar-refractivity contribution in [2.75, 3.05) is 39.8 Å². The summed E-state index contributed by atoms with van der Waals surface area (Å²) in [6, 6.07) is 0.650. The number of hydrogen-bond donors (Lipinski definition) is 1. The largest absolute Gasteiger partial charge is 0.465 e. The number of hydrogen-bond acceptors (Lipinski definition) is 5. The van der Waals surface area contributed by atoms with E-state index < -0.39 is 5.54 Å². The Morgan fingerprint density at radius 2 is 2.20 bits per heavy atom. The lowest BCUT2D eigenvalue weighted by atomic mass is 9.99. The van der Waals surface area contributed by atoms with Crippen LogP contribution in [0.5, 0.6) is 0 Å². The number of nitrogens with two attached hydrogens (primary N) is 1. The zero-order chi connectivity index (χ0) is 15.2. The van der Waals surface area contributed by atoms with Gasteiger partial charge in [-0.05, 0) is 53.2 Å². The van der Waals surface area contributed by atoms with Gasteiger partial charge in [-0.15, -0.1) is 0 Å². The van der Waals surface area contributed by atoms with Crippen LogP contribution in [-0.4, -0.2) is 67.2 Å². The topological polar surface area (TPSA) is 58.8 Å². The van der Waals surface area contributed by atoms with E-state index in [2.05, 4.69) is 23.8 Å². The fourth-order valence-corrected chi connectivity index (χ4v) is 2.79. The normalized spacial score (nSPS) is 23.0. The summed E-state index contributed by atoms with van der Waals surface area (Å²) < 4.78 is 5.02. The van der Waals surface area contributed by atoms with Crippen molar-refractivity contribution < 1.29 is 9.53 Å². The van der Waals surface area contributed by atoms with Gasteiger partial charge in [-0.25, -0.2) is 0 Å². The molecule has 1 aliphatic rings. The number of carbonyl (C=O) groups is 1. The summed E-state index contributed by atoms with van der Waals surface area (Å²) in [5.41, 5.74) is 5.16. The van der Waals surface area contributed by atoms with Gasteiger partial charge in [0.2, 0.25) is 0 Å². The van der Waals surface area contributed by atoms with Crippen LogP contribution in [0.3, 0.4) is 0 Å². The summed E-state index contributed by atoms with van der Waals surface area (Å²) in [6.07, 6.45) is 3.20. The SMILES string of the molecule is CCOC(=O)C(C)(N)CCN(C)CC1CCCN1CC. The number of carbonyl (C=O) groups excluding carboxylic acids is 1. The van der Waals surface area contributed by atoms with Crippen molar-refractivity contribution in [3.8, 4) is 0 Å². The van der Waals surface area contributed by atoms with E-state index in [1.807, 2.05) is 0 Å². The maximum atomic E-state index is 11.7. The molecule has 0 aromatic heterocycles. The van der Waals surface area contributed by atoms with Crippen molar-refractivity contribution in [2.45, 2.75) is 51.6 Å². The Bertz CT molecular complexity index is 307. The van der Waals surface area contributed by atoms with Crippen LogP contribution in [0.15, 0.2) is 0 Å². The van der Waals surface area contributed by atoms with E-state index in [1.165, 1.54) is 19.4 Å². The molecule has 0 bridgehead atoms. The summed E-state index contributed by atoms with van der Waals surface area (Å²) in [6.45, 7) is 10.4. The first-order valence-corrected chi connectivity index (χ1v) is 7.79. The average Bonchev–Trinajstić information content (AvgIpc) is 2.84. The lowest BCUT2D eigenvalue weighted by molar-refractivity contribution is -0.149. The molecule has 0 aromatic rings. The molecule has 1 fully saturated rings. The zero-order valence-electron chi connectivity index (χ0n) is 13.5. The Balaban J connectivity index is 2.35. The van der Waals surface area contributed by atoms with Crippen LogP contribution in [-0.2, 0) is 9.53 Å². The van der Waals surface area contributed by atoms with E-state index in [-0.39, 0.29) is 5.97 Å². The molecule has 0 aliphatic carbocycles. The van der Waals surface area contributed by atoms with Gasteiger partial charge in [0, 0.05) is 19.1 Å². The molecule has 0 amide bonds. The van der Waals surface area contributed by atoms with E-state index in [1.54, 1.807) is 13.8 Å². The molecular formula is C15H31N3O2. The molecule has 0 aromatic carbocycles. The Kier molecular flexibility index (Phi) is 6.92. The van der Waals surface area contributed by atoms with Gasteiger partial charge in [0.1, 0.15) is 5.54 Å². The number of likely N-dealkylation sites (tertiary alicyclic amines) is 1. The second kappa shape index (κ2) is 7.96. The van der Waals surface area contributed by atoms with Crippen LogP contribution in [0, 0.1) is 0 Å². The third-order valence-electron chi connectivity index (χ3n) is 4.18. The van der Waals surface area contributed by atoms with E-state index in [9.17, 15) is 4.79 Å². The summed E-state index contributed by atoms with van der Waals surface area (Å²) in [7, 11) is 2.10. The highest BCUT2D eigenvalue weighted by Gasteiger charge is 2.30. The maximum absolute atomic E-state index is 11.7. The third-order valence-corrected chi connectivity index (χ3v) is 4.18. The van der Waals surface area contributed by atoms with Crippen LogP contribution >= 0.6 is 0 Å². The van der Waals surface area contributed by atoms with Gasteiger partial charge in [-0.3, -0.25) is 9.69 Å². The number of rotatable bonds is 8. The molecule has 1 aliphatic heterocycles. The van der Waals surface area contributed by atoms with Crippen LogP contribution < -0.4 is 5.73 Å². The van der Waals surface area contributed by atoms with E-state index >= 15 is 0 Å². The molecule has 2 unspecified atom stereocenters. The van der Waals surface area contributed by atoms with Gasteiger partial charge < -0.3 is 15.4 Å². The average molecular weight is 285 g/mol.